The fourth-order valence-electron chi connectivity index (χ4n) is 2.82. The van der Waals surface area contributed by atoms with Crippen molar-refractivity contribution < 1.29 is 13.2 Å². The van der Waals surface area contributed by atoms with E-state index < -0.39 is 27.5 Å². The Hall–Kier alpha value is -2.22. The highest BCUT2D eigenvalue weighted by Crippen LogP contribution is 2.26. The first-order valence-corrected chi connectivity index (χ1v) is 10.8. The fourth-order valence-corrected chi connectivity index (χ4v) is 4.69. The minimum atomic E-state index is -3.97. The first kappa shape index (κ1) is 20.5. The lowest BCUT2D eigenvalue weighted by Crippen LogP contribution is -2.33. The predicted octanol–water partition coefficient (Wildman–Crippen LogP) is 3.90. The van der Waals surface area contributed by atoms with E-state index in [1.54, 1.807) is 56.3 Å². The number of nitrogens with zero attached hydrogens (tertiary/aromatic N) is 2. The summed E-state index contributed by atoms with van der Waals surface area (Å²) in [6.07, 6.45) is 0. The van der Waals surface area contributed by atoms with Crippen molar-refractivity contribution in [1.29, 1.82) is 0 Å². The number of hydrogen-bond acceptors (Lipinski definition) is 5. The topological polar surface area (TPSA) is 89.0 Å². The van der Waals surface area contributed by atoms with E-state index in [2.05, 4.69) is 15.3 Å². The molecule has 9 heteroatoms. The number of amides is 1. The molecule has 0 radical (unpaired) electrons. The highest BCUT2D eigenvalue weighted by atomic mass is 35.5. The summed E-state index contributed by atoms with van der Waals surface area (Å²) in [5.74, 6) is -1.40. The lowest BCUT2D eigenvalue weighted by molar-refractivity contribution is -0.119. The standard InChI is InChI=1S/C19H17Cl2N3O3S/c1-11(14-8-7-13(20)9-15(14)21)23-18(25)10-28(26,27)19-12(2)22-16-5-3-4-6-17(16)24-19/h3-9,11H,10H2,1-2H3,(H,23,25)/t11-/m1/s1. The molecule has 2 aromatic carbocycles. The Morgan fingerprint density at radius 1 is 1.11 bits per heavy atom. The third kappa shape index (κ3) is 4.43. The third-order valence-electron chi connectivity index (χ3n) is 4.12. The van der Waals surface area contributed by atoms with E-state index in [0.29, 0.717) is 26.6 Å². The smallest absolute Gasteiger partial charge is 0.236 e. The SMILES string of the molecule is Cc1nc2ccccc2nc1S(=O)(=O)CC(=O)N[C@H](C)c1ccc(Cl)cc1Cl. The van der Waals surface area contributed by atoms with Crippen molar-refractivity contribution in [2.24, 2.45) is 0 Å². The van der Waals surface area contributed by atoms with Gasteiger partial charge in [-0.25, -0.2) is 18.4 Å². The van der Waals surface area contributed by atoms with Crippen LogP contribution in [0, 0.1) is 6.92 Å². The van der Waals surface area contributed by atoms with E-state index in [-0.39, 0.29) is 10.7 Å². The molecule has 1 amide bonds. The molecule has 0 aliphatic rings. The van der Waals surface area contributed by atoms with Crippen LogP contribution < -0.4 is 5.32 Å². The van der Waals surface area contributed by atoms with E-state index in [9.17, 15) is 13.2 Å². The second kappa shape index (κ2) is 8.03. The van der Waals surface area contributed by atoms with Crippen molar-refractivity contribution in [3.05, 3.63) is 63.8 Å². The zero-order valence-electron chi connectivity index (χ0n) is 15.1. The molecule has 0 saturated heterocycles. The zero-order chi connectivity index (χ0) is 20.5. The van der Waals surface area contributed by atoms with Crippen LogP contribution in [0.3, 0.4) is 0 Å². The second-order valence-corrected chi connectivity index (χ2v) is 9.07. The number of carbonyl (C=O) groups excluding carboxylic acids is 1. The van der Waals surface area contributed by atoms with E-state index in [1.165, 1.54) is 0 Å². The molecule has 1 atom stereocenters. The Balaban J connectivity index is 1.80. The van der Waals surface area contributed by atoms with Crippen molar-refractivity contribution in [1.82, 2.24) is 15.3 Å². The molecule has 6 nitrogen and oxygen atoms in total. The molecule has 0 bridgehead atoms. The lowest BCUT2D eigenvalue weighted by atomic mass is 10.1. The van der Waals surface area contributed by atoms with Gasteiger partial charge in [0.05, 0.1) is 22.8 Å². The van der Waals surface area contributed by atoms with E-state index in [0.717, 1.165) is 0 Å². The maximum absolute atomic E-state index is 12.7. The Labute approximate surface area is 172 Å². The first-order valence-electron chi connectivity index (χ1n) is 8.38. The van der Waals surface area contributed by atoms with Gasteiger partial charge in [0.2, 0.25) is 15.7 Å². The molecule has 1 heterocycles. The van der Waals surface area contributed by atoms with Crippen LogP contribution in [0.2, 0.25) is 10.0 Å². The molecule has 3 rings (SSSR count). The zero-order valence-corrected chi connectivity index (χ0v) is 17.4. The molecule has 1 N–H and O–H groups in total. The van der Waals surface area contributed by atoms with Crippen LogP contribution in [-0.2, 0) is 14.6 Å². The molecule has 0 saturated carbocycles. The van der Waals surface area contributed by atoms with Crippen molar-refractivity contribution in [2.75, 3.05) is 5.75 Å². The van der Waals surface area contributed by atoms with Gasteiger partial charge < -0.3 is 5.32 Å². The first-order chi connectivity index (χ1) is 13.2. The number of nitrogens with one attached hydrogen (secondary N) is 1. The van der Waals surface area contributed by atoms with Crippen LogP contribution in [0.1, 0.15) is 24.2 Å². The van der Waals surface area contributed by atoms with Crippen LogP contribution in [0.25, 0.3) is 11.0 Å². The van der Waals surface area contributed by atoms with Gasteiger partial charge in [-0.1, -0.05) is 41.4 Å². The van der Waals surface area contributed by atoms with Crippen LogP contribution in [-0.4, -0.2) is 30.0 Å². The summed E-state index contributed by atoms with van der Waals surface area (Å²) in [6, 6.07) is 11.4. The molecule has 0 aliphatic heterocycles. The highest BCUT2D eigenvalue weighted by Gasteiger charge is 2.25. The highest BCUT2D eigenvalue weighted by molar-refractivity contribution is 7.92. The number of aromatic nitrogens is 2. The number of fused-ring (bicyclic) bond motifs is 1. The monoisotopic (exact) mass is 437 g/mol. The number of para-hydroxylation sites is 2. The van der Waals surface area contributed by atoms with Crippen LogP contribution >= 0.6 is 23.2 Å². The molecule has 0 unspecified atom stereocenters. The molecule has 1 aromatic heterocycles. The van der Waals surface area contributed by atoms with Gasteiger partial charge in [-0.05, 0) is 43.7 Å². The summed E-state index contributed by atoms with van der Waals surface area (Å²) in [4.78, 5) is 20.8. The fraction of sp³-hybridized carbons (Fsp3) is 0.211. The number of hydrogen-bond donors (Lipinski definition) is 1. The van der Waals surface area contributed by atoms with Crippen LogP contribution in [0.15, 0.2) is 47.5 Å². The molecule has 146 valence electrons. The van der Waals surface area contributed by atoms with Crippen molar-refractivity contribution in [3.63, 3.8) is 0 Å². The average molecular weight is 438 g/mol. The van der Waals surface area contributed by atoms with Gasteiger partial charge >= 0.3 is 0 Å². The average Bonchev–Trinajstić information content (AvgIpc) is 2.60. The Bertz CT molecular complexity index is 1170. The summed E-state index contributed by atoms with van der Waals surface area (Å²) in [6.45, 7) is 3.26. The third-order valence-corrected chi connectivity index (χ3v) is 6.30. The molecule has 0 fully saturated rings. The Morgan fingerprint density at radius 3 is 2.39 bits per heavy atom. The number of halogens is 2. The Kier molecular flexibility index (Phi) is 5.88. The number of benzene rings is 2. The van der Waals surface area contributed by atoms with Gasteiger partial charge in [-0.15, -0.1) is 0 Å². The van der Waals surface area contributed by atoms with Gasteiger partial charge in [0.1, 0.15) is 5.75 Å². The van der Waals surface area contributed by atoms with Gasteiger partial charge in [0.15, 0.2) is 5.03 Å². The lowest BCUT2D eigenvalue weighted by Gasteiger charge is -2.16. The number of aryl methyl sites for hydroxylation is 1. The summed E-state index contributed by atoms with van der Waals surface area (Å²) < 4.78 is 25.5. The predicted molar refractivity (Wildman–Crippen MR) is 109 cm³/mol. The van der Waals surface area contributed by atoms with Crippen molar-refractivity contribution in [2.45, 2.75) is 24.9 Å². The van der Waals surface area contributed by atoms with Gasteiger partial charge in [0, 0.05) is 10.0 Å². The number of sulfone groups is 1. The molecule has 0 aliphatic carbocycles. The molecule has 3 aromatic rings. The molecule has 28 heavy (non-hydrogen) atoms. The largest absolute Gasteiger partial charge is 0.349 e. The van der Waals surface area contributed by atoms with E-state index >= 15 is 0 Å². The summed E-state index contributed by atoms with van der Waals surface area (Å²) in [7, 11) is -3.97. The van der Waals surface area contributed by atoms with E-state index in [4.69, 9.17) is 23.2 Å². The molecular formula is C19H17Cl2N3O3S. The summed E-state index contributed by atoms with van der Waals surface area (Å²) in [5.41, 5.74) is 1.93. The summed E-state index contributed by atoms with van der Waals surface area (Å²) in [5, 5.41) is 3.31. The molecule has 0 spiro atoms. The van der Waals surface area contributed by atoms with Gasteiger partial charge in [0.25, 0.3) is 0 Å². The summed E-state index contributed by atoms with van der Waals surface area (Å²) >= 11 is 12.0. The van der Waals surface area contributed by atoms with Crippen molar-refractivity contribution >= 4 is 50.0 Å². The minimum absolute atomic E-state index is 0.196. The van der Waals surface area contributed by atoms with Gasteiger partial charge in [-0.2, -0.15) is 0 Å². The normalized spacial score (nSPS) is 12.7. The maximum atomic E-state index is 12.7. The number of carbonyl (C=O) groups is 1. The second-order valence-electron chi connectivity index (χ2n) is 6.32. The quantitative estimate of drug-likeness (QED) is 0.653. The van der Waals surface area contributed by atoms with Crippen molar-refractivity contribution in [3.8, 4) is 0 Å². The van der Waals surface area contributed by atoms with Crippen LogP contribution in [0.5, 0.6) is 0 Å². The minimum Gasteiger partial charge on any atom is -0.349 e. The Morgan fingerprint density at radius 2 is 1.75 bits per heavy atom. The molecular weight excluding hydrogens is 421 g/mol. The maximum Gasteiger partial charge on any atom is 0.236 e. The van der Waals surface area contributed by atoms with Crippen LogP contribution in [0.4, 0.5) is 0 Å². The van der Waals surface area contributed by atoms with E-state index in [1.807, 2.05) is 0 Å². The number of rotatable bonds is 5. The van der Waals surface area contributed by atoms with Gasteiger partial charge in [-0.3, -0.25) is 4.79 Å².